The van der Waals surface area contributed by atoms with Crippen LogP contribution >= 0.6 is 27.7 Å². The van der Waals surface area contributed by atoms with E-state index >= 15 is 0 Å². The molecule has 2 aliphatic rings. The van der Waals surface area contributed by atoms with E-state index in [0.29, 0.717) is 0 Å². The molecule has 0 bridgehead atoms. The van der Waals surface area contributed by atoms with Crippen molar-refractivity contribution in [2.24, 2.45) is 5.10 Å². The van der Waals surface area contributed by atoms with Crippen molar-refractivity contribution in [3.8, 4) is 0 Å². The molecule has 0 saturated heterocycles. The zero-order chi connectivity index (χ0) is 19.0. The summed E-state index contributed by atoms with van der Waals surface area (Å²) in [6, 6.07) is 14.1. The van der Waals surface area contributed by atoms with Gasteiger partial charge in [-0.1, -0.05) is 51.5 Å². The molecule has 4 rings (SSSR count). The van der Waals surface area contributed by atoms with Gasteiger partial charge in [0.1, 0.15) is 0 Å². The zero-order valence-electron chi connectivity index (χ0n) is 15.0. The largest absolute Gasteiger partial charge is 0.294 e. The third kappa shape index (κ3) is 3.61. The standard InChI is InChI=1S/C20H19BrN4OS/c1-13-3-4-14(2)15(11-13)12-27-20-23-22-18-19(26)24(9-10-25(18)20)17-7-5-16(21)6-8-17/h3-11,18,22H,12H2,1-2H3. The first-order valence-corrected chi connectivity index (χ1v) is 10.4. The molecule has 27 heavy (non-hydrogen) atoms. The van der Waals surface area contributed by atoms with Crippen molar-refractivity contribution in [3.63, 3.8) is 0 Å². The number of benzene rings is 2. The summed E-state index contributed by atoms with van der Waals surface area (Å²) in [6.45, 7) is 4.22. The molecular formula is C20H19BrN4OS. The normalized spacial score (nSPS) is 18.4. The number of halogens is 1. The second kappa shape index (κ2) is 7.40. The minimum Gasteiger partial charge on any atom is -0.294 e. The van der Waals surface area contributed by atoms with Crippen molar-refractivity contribution in [3.05, 3.63) is 76.0 Å². The molecule has 2 aliphatic heterocycles. The van der Waals surface area contributed by atoms with Gasteiger partial charge in [-0.2, -0.15) is 5.10 Å². The summed E-state index contributed by atoms with van der Waals surface area (Å²) >= 11 is 5.05. The number of hydrazone groups is 1. The van der Waals surface area contributed by atoms with Gasteiger partial charge in [-0.25, -0.2) is 0 Å². The summed E-state index contributed by atoms with van der Waals surface area (Å²) in [6.07, 6.45) is 3.20. The van der Waals surface area contributed by atoms with Crippen LogP contribution < -0.4 is 10.3 Å². The van der Waals surface area contributed by atoms with Crippen LogP contribution in [0.3, 0.4) is 0 Å². The molecule has 1 N–H and O–H groups in total. The number of carbonyl (C=O) groups is 1. The summed E-state index contributed by atoms with van der Waals surface area (Å²) < 4.78 is 0.980. The van der Waals surface area contributed by atoms with Gasteiger partial charge in [0.05, 0.1) is 0 Å². The van der Waals surface area contributed by atoms with Gasteiger partial charge < -0.3 is 0 Å². The van der Waals surface area contributed by atoms with E-state index in [2.05, 4.69) is 58.5 Å². The Labute approximate surface area is 171 Å². The number of aryl methyl sites for hydroxylation is 2. The number of fused-ring (bicyclic) bond motifs is 1. The SMILES string of the molecule is Cc1ccc(C)c(CSC2=NNC3C(=O)N(c4ccc(Br)cc4)C=CN23)c1. The Morgan fingerprint density at radius 1 is 1.15 bits per heavy atom. The predicted octanol–water partition coefficient (Wildman–Crippen LogP) is 4.32. The fraction of sp³-hybridized carbons (Fsp3) is 0.200. The quantitative estimate of drug-likeness (QED) is 0.768. The first kappa shape index (κ1) is 18.1. The van der Waals surface area contributed by atoms with Gasteiger partial charge in [0.15, 0.2) is 5.17 Å². The van der Waals surface area contributed by atoms with E-state index in [4.69, 9.17) is 0 Å². The van der Waals surface area contributed by atoms with E-state index in [1.54, 1.807) is 22.9 Å². The van der Waals surface area contributed by atoms with Crippen molar-refractivity contribution in [2.45, 2.75) is 25.8 Å². The van der Waals surface area contributed by atoms with Crippen molar-refractivity contribution < 1.29 is 4.79 Å². The topological polar surface area (TPSA) is 47.9 Å². The zero-order valence-corrected chi connectivity index (χ0v) is 17.4. The smallest absolute Gasteiger partial charge is 0.276 e. The number of hydrogen-bond donors (Lipinski definition) is 1. The first-order chi connectivity index (χ1) is 13.0. The Hall–Kier alpha value is -2.25. The highest BCUT2D eigenvalue weighted by Crippen LogP contribution is 2.28. The van der Waals surface area contributed by atoms with Crippen molar-refractivity contribution >= 4 is 44.5 Å². The third-order valence-electron chi connectivity index (χ3n) is 4.60. The minimum atomic E-state index is -0.500. The maximum Gasteiger partial charge on any atom is 0.276 e. The summed E-state index contributed by atoms with van der Waals surface area (Å²) in [5, 5.41) is 5.20. The van der Waals surface area contributed by atoms with Crippen LogP contribution in [0.1, 0.15) is 16.7 Å². The highest BCUT2D eigenvalue weighted by molar-refractivity contribution is 9.10. The lowest BCUT2D eigenvalue weighted by Crippen LogP contribution is -2.52. The third-order valence-corrected chi connectivity index (χ3v) is 6.14. The van der Waals surface area contributed by atoms with E-state index < -0.39 is 6.17 Å². The predicted molar refractivity (Wildman–Crippen MR) is 114 cm³/mol. The number of thioether (sulfide) groups is 1. The van der Waals surface area contributed by atoms with Crippen molar-refractivity contribution in [1.82, 2.24) is 10.3 Å². The van der Waals surface area contributed by atoms with Gasteiger partial charge in [-0.3, -0.25) is 20.0 Å². The molecule has 0 radical (unpaired) electrons. The van der Waals surface area contributed by atoms with Crippen LogP contribution in [0.2, 0.25) is 0 Å². The lowest BCUT2D eigenvalue weighted by Gasteiger charge is -2.32. The van der Waals surface area contributed by atoms with E-state index in [1.807, 2.05) is 35.4 Å². The van der Waals surface area contributed by atoms with Gasteiger partial charge in [0.2, 0.25) is 6.17 Å². The average molecular weight is 443 g/mol. The molecule has 7 heteroatoms. The Kier molecular flexibility index (Phi) is 4.97. The summed E-state index contributed by atoms with van der Waals surface area (Å²) in [4.78, 5) is 16.4. The maximum absolute atomic E-state index is 12.9. The Morgan fingerprint density at radius 3 is 2.70 bits per heavy atom. The van der Waals surface area contributed by atoms with Crippen LogP contribution in [-0.2, 0) is 10.5 Å². The summed E-state index contributed by atoms with van der Waals surface area (Å²) in [7, 11) is 0. The number of hydrogen-bond acceptors (Lipinski definition) is 5. The van der Waals surface area contributed by atoms with Crippen molar-refractivity contribution in [2.75, 3.05) is 4.90 Å². The minimum absolute atomic E-state index is 0.0501. The van der Waals surface area contributed by atoms with E-state index in [0.717, 1.165) is 21.1 Å². The lowest BCUT2D eigenvalue weighted by molar-refractivity contribution is -0.122. The molecule has 2 heterocycles. The van der Waals surface area contributed by atoms with E-state index in [1.165, 1.54) is 16.7 Å². The fourth-order valence-corrected chi connectivity index (χ4v) is 4.33. The Bertz CT molecular complexity index is 941. The van der Waals surface area contributed by atoms with Crippen LogP contribution in [-0.4, -0.2) is 22.1 Å². The molecule has 0 saturated carbocycles. The average Bonchev–Trinajstić information content (AvgIpc) is 3.08. The molecular weight excluding hydrogens is 424 g/mol. The van der Waals surface area contributed by atoms with Crippen LogP contribution in [0.25, 0.3) is 0 Å². The van der Waals surface area contributed by atoms with Gasteiger partial charge in [-0.05, 0) is 49.2 Å². The number of nitrogens with zero attached hydrogens (tertiary/aromatic N) is 3. The number of amidine groups is 1. The molecule has 2 aromatic carbocycles. The highest BCUT2D eigenvalue weighted by Gasteiger charge is 2.38. The monoisotopic (exact) mass is 442 g/mol. The van der Waals surface area contributed by atoms with Crippen LogP contribution in [0.5, 0.6) is 0 Å². The van der Waals surface area contributed by atoms with E-state index in [9.17, 15) is 4.79 Å². The second-order valence-corrected chi connectivity index (χ2v) is 8.39. The highest BCUT2D eigenvalue weighted by atomic mass is 79.9. The molecule has 0 fully saturated rings. The molecule has 1 atom stereocenters. The Balaban J connectivity index is 1.48. The van der Waals surface area contributed by atoms with E-state index in [-0.39, 0.29) is 5.91 Å². The molecule has 138 valence electrons. The van der Waals surface area contributed by atoms with Crippen LogP contribution in [0.15, 0.2) is 64.4 Å². The fourth-order valence-electron chi connectivity index (χ4n) is 3.03. The molecule has 0 aliphatic carbocycles. The van der Waals surface area contributed by atoms with Crippen LogP contribution in [0, 0.1) is 13.8 Å². The van der Waals surface area contributed by atoms with Gasteiger partial charge in [0, 0.05) is 28.3 Å². The number of anilines is 1. The number of nitrogens with one attached hydrogen (secondary N) is 1. The van der Waals surface area contributed by atoms with Gasteiger partial charge in [-0.15, -0.1) is 0 Å². The summed E-state index contributed by atoms with van der Waals surface area (Å²) in [5.41, 5.74) is 7.61. The molecule has 0 aromatic heterocycles. The summed E-state index contributed by atoms with van der Waals surface area (Å²) in [5.74, 6) is 0.765. The molecule has 2 aromatic rings. The van der Waals surface area contributed by atoms with Crippen LogP contribution in [0.4, 0.5) is 5.69 Å². The first-order valence-electron chi connectivity index (χ1n) is 8.60. The lowest BCUT2D eigenvalue weighted by atomic mass is 10.1. The number of carbonyl (C=O) groups excluding carboxylic acids is 1. The Morgan fingerprint density at radius 2 is 1.93 bits per heavy atom. The molecule has 0 spiro atoms. The number of amides is 1. The molecule has 5 nitrogen and oxygen atoms in total. The van der Waals surface area contributed by atoms with Crippen molar-refractivity contribution in [1.29, 1.82) is 0 Å². The van der Waals surface area contributed by atoms with Gasteiger partial charge in [0.25, 0.3) is 5.91 Å². The van der Waals surface area contributed by atoms with Gasteiger partial charge >= 0.3 is 0 Å². The molecule has 1 unspecified atom stereocenters. The molecule has 1 amide bonds. The maximum atomic E-state index is 12.9. The second-order valence-electron chi connectivity index (χ2n) is 6.53. The number of rotatable bonds is 3.